The van der Waals surface area contributed by atoms with Crippen LogP contribution < -0.4 is 4.90 Å². The Hall–Kier alpha value is -2.04. The predicted molar refractivity (Wildman–Crippen MR) is 90.5 cm³/mol. The highest BCUT2D eigenvalue weighted by molar-refractivity contribution is 5.84. The third-order valence-electron chi connectivity index (χ3n) is 4.97. The van der Waals surface area contributed by atoms with Gasteiger partial charge >= 0.3 is 0 Å². The van der Waals surface area contributed by atoms with E-state index in [9.17, 15) is 9.59 Å². The summed E-state index contributed by atoms with van der Waals surface area (Å²) in [5, 5.41) is 0. The molecule has 5 nitrogen and oxygen atoms in total. The van der Waals surface area contributed by atoms with E-state index in [4.69, 9.17) is 0 Å². The molecule has 0 unspecified atom stereocenters. The van der Waals surface area contributed by atoms with E-state index in [0.717, 1.165) is 26.2 Å². The second kappa shape index (κ2) is 6.22. The topological polar surface area (TPSA) is 43.9 Å². The van der Waals surface area contributed by atoms with E-state index in [1.807, 2.05) is 4.90 Å². The summed E-state index contributed by atoms with van der Waals surface area (Å²) in [4.78, 5) is 29.8. The number of hydrogen-bond donors (Lipinski definition) is 0. The average Bonchev–Trinajstić information content (AvgIpc) is 2.48. The van der Waals surface area contributed by atoms with Crippen LogP contribution in [-0.4, -0.2) is 60.9 Å². The van der Waals surface area contributed by atoms with Gasteiger partial charge < -0.3 is 14.7 Å². The molecule has 2 aliphatic rings. The van der Waals surface area contributed by atoms with Gasteiger partial charge in [0, 0.05) is 51.9 Å². The van der Waals surface area contributed by atoms with Gasteiger partial charge in [0.15, 0.2) is 0 Å². The SMILES string of the molecule is CC(=O)N1CC(C(=O)N2CCN(c3cc(C)ccc3C)CC2)C1. The minimum absolute atomic E-state index is 0.00570. The van der Waals surface area contributed by atoms with Crippen LogP contribution in [0.1, 0.15) is 18.1 Å². The molecule has 0 bridgehead atoms. The lowest BCUT2D eigenvalue weighted by Crippen LogP contribution is -2.58. The molecule has 0 spiro atoms. The van der Waals surface area contributed by atoms with E-state index in [-0.39, 0.29) is 17.7 Å². The van der Waals surface area contributed by atoms with Crippen LogP contribution in [0.15, 0.2) is 18.2 Å². The zero-order chi connectivity index (χ0) is 16.6. The van der Waals surface area contributed by atoms with Gasteiger partial charge in [-0.05, 0) is 31.0 Å². The smallest absolute Gasteiger partial charge is 0.229 e. The Labute approximate surface area is 137 Å². The van der Waals surface area contributed by atoms with Crippen molar-refractivity contribution in [3.8, 4) is 0 Å². The van der Waals surface area contributed by atoms with E-state index in [1.54, 1.807) is 11.8 Å². The molecular formula is C18H25N3O2. The standard InChI is InChI=1S/C18H25N3O2/c1-13-4-5-14(2)17(10-13)19-6-8-20(9-7-19)18(23)16-11-21(12-16)15(3)22/h4-5,10,16H,6-9,11-12H2,1-3H3. The third kappa shape index (κ3) is 3.19. The van der Waals surface area contributed by atoms with Gasteiger partial charge in [0.2, 0.25) is 11.8 Å². The van der Waals surface area contributed by atoms with Gasteiger partial charge in [0.05, 0.1) is 5.92 Å². The molecular weight excluding hydrogens is 290 g/mol. The first-order valence-electron chi connectivity index (χ1n) is 8.32. The Morgan fingerprint density at radius 2 is 1.65 bits per heavy atom. The Balaban J connectivity index is 1.55. The number of carbonyl (C=O) groups is 2. The highest BCUT2D eigenvalue weighted by Crippen LogP contribution is 2.24. The number of nitrogens with zero attached hydrogens (tertiary/aromatic N) is 3. The number of aryl methyl sites for hydroxylation is 2. The number of rotatable bonds is 2. The van der Waals surface area contributed by atoms with Gasteiger partial charge in [-0.2, -0.15) is 0 Å². The third-order valence-corrected chi connectivity index (χ3v) is 4.97. The first kappa shape index (κ1) is 15.8. The molecule has 0 radical (unpaired) electrons. The van der Waals surface area contributed by atoms with Gasteiger partial charge in [-0.25, -0.2) is 0 Å². The fourth-order valence-corrected chi connectivity index (χ4v) is 3.38. The average molecular weight is 315 g/mol. The maximum Gasteiger partial charge on any atom is 0.229 e. The first-order chi connectivity index (χ1) is 11.0. The molecule has 0 saturated carbocycles. The summed E-state index contributed by atoms with van der Waals surface area (Å²) in [6.07, 6.45) is 0. The van der Waals surface area contributed by atoms with E-state index >= 15 is 0 Å². The molecule has 2 amide bonds. The van der Waals surface area contributed by atoms with Crippen LogP contribution in [0.3, 0.4) is 0 Å². The van der Waals surface area contributed by atoms with E-state index in [0.29, 0.717) is 13.1 Å². The van der Waals surface area contributed by atoms with Crippen LogP contribution in [0.4, 0.5) is 5.69 Å². The van der Waals surface area contributed by atoms with Crippen molar-refractivity contribution in [2.75, 3.05) is 44.2 Å². The highest BCUT2D eigenvalue weighted by Gasteiger charge is 2.37. The maximum absolute atomic E-state index is 12.5. The molecule has 0 aliphatic carbocycles. The van der Waals surface area contributed by atoms with Crippen LogP contribution >= 0.6 is 0 Å². The van der Waals surface area contributed by atoms with E-state index in [1.165, 1.54) is 16.8 Å². The van der Waals surface area contributed by atoms with Gasteiger partial charge in [0.1, 0.15) is 0 Å². The minimum Gasteiger partial charge on any atom is -0.368 e. The van der Waals surface area contributed by atoms with Crippen LogP contribution in [0.25, 0.3) is 0 Å². The molecule has 0 aromatic heterocycles. The molecule has 2 heterocycles. The zero-order valence-electron chi connectivity index (χ0n) is 14.2. The summed E-state index contributed by atoms with van der Waals surface area (Å²) in [5.41, 5.74) is 3.83. The Morgan fingerprint density at radius 3 is 2.26 bits per heavy atom. The zero-order valence-corrected chi connectivity index (χ0v) is 14.2. The number of hydrogen-bond acceptors (Lipinski definition) is 3. The summed E-state index contributed by atoms with van der Waals surface area (Å²) >= 11 is 0. The molecule has 1 aromatic carbocycles. The lowest BCUT2D eigenvalue weighted by Gasteiger charge is -2.43. The highest BCUT2D eigenvalue weighted by atomic mass is 16.2. The van der Waals surface area contributed by atoms with Crippen LogP contribution in [0.5, 0.6) is 0 Å². The van der Waals surface area contributed by atoms with Gasteiger partial charge in [-0.3, -0.25) is 9.59 Å². The lowest BCUT2D eigenvalue weighted by molar-refractivity contribution is -0.147. The summed E-state index contributed by atoms with van der Waals surface area (Å²) in [6.45, 7) is 10.3. The summed E-state index contributed by atoms with van der Waals surface area (Å²) < 4.78 is 0. The van der Waals surface area contributed by atoms with Crippen molar-refractivity contribution in [2.45, 2.75) is 20.8 Å². The van der Waals surface area contributed by atoms with Crippen LogP contribution in [0.2, 0.25) is 0 Å². The number of piperazine rings is 1. The molecule has 23 heavy (non-hydrogen) atoms. The van der Waals surface area contributed by atoms with Crippen molar-refractivity contribution >= 4 is 17.5 Å². The molecule has 3 rings (SSSR count). The molecule has 1 aromatic rings. The maximum atomic E-state index is 12.5. The molecule has 0 N–H and O–H groups in total. The molecule has 2 aliphatic heterocycles. The molecule has 2 saturated heterocycles. The molecule has 2 fully saturated rings. The summed E-state index contributed by atoms with van der Waals surface area (Å²) in [5.74, 6) is 0.281. The van der Waals surface area contributed by atoms with E-state index in [2.05, 4.69) is 36.9 Å². The Morgan fingerprint density at radius 1 is 1.00 bits per heavy atom. The van der Waals surface area contributed by atoms with Crippen molar-refractivity contribution in [3.63, 3.8) is 0 Å². The van der Waals surface area contributed by atoms with Crippen molar-refractivity contribution in [1.29, 1.82) is 0 Å². The second-order valence-electron chi connectivity index (χ2n) is 6.72. The Bertz CT molecular complexity index is 615. The number of anilines is 1. The number of likely N-dealkylation sites (tertiary alicyclic amines) is 1. The van der Waals surface area contributed by atoms with Crippen molar-refractivity contribution < 1.29 is 9.59 Å². The Kier molecular flexibility index (Phi) is 4.28. The number of benzene rings is 1. The van der Waals surface area contributed by atoms with Crippen molar-refractivity contribution in [2.24, 2.45) is 5.92 Å². The summed E-state index contributed by atoms with van der Waals surface area (Å²) in [7, 11) is 0. The van der Waals surface area contributed by atoms with Crippen LogP contribution in [0, 0.1) is 19.8 Å². The number of carbonyl (C=O) groups excluding carboxylic acids is 2. The molecule has 124 valence electrons. The molecule has 5 heteroatoms. The van der Waals surface area contributed by atoms with Crippen LogP contribution in [-0.2, 0) is 9.59 Å². The monoisotopic (exact) mass is 315 g/mol. The summed E-state index contributed by atoms with van der Waals surface area (Å²) in [6, 6.07) is 6.52. The normalized spacial score (nSPS) is 18.8. The lowest BCUT2D eigenvalue weighted by atomic mass is 9.98. The number of amides is 2. The fraction of sp³-hybridized carbons (Fsp3) is 0.556. The van der Waals surface area contributed by atoms with Gasteiger partial charge in [-0.1, -0.05) is 12.1 Å². The molecule has 0 atom stereocenters. The van der Waals surface area contributed by atoms with Crippen molar-refractivity contribution in [3.05, 3.63) is 29.3 Å². The van der Waals surface area contributed by atoms with Crippen molar-refractivity contribution in [1.82, 2.24) is 9.80 Å². The largest absolute Gasteiger partial charge is 0.368 e. The second-order valence-corrected chi connectivity index (χ2v) is 6.72. The minimum atomic E-state index is 0.00570. The predicted octanol–water partition coefficient (Wildman–Crippen LogP) is 1.43. The van der Waals surface area contributed by atoms with E-state index < -0.39 is 0 Å². The fourth-order valence-electron chi connectivity index (χ4n) is 3.38. The first-order valence-corrected chi connectivity index (χ1v) is 8.32. The van der Waals surface area contributed by atoms with Gasteiger partial charge in [0.25, 0.3) is 0 Å². The van der Waals surface area contributed by atoms with Gasteiger partial charge in [-0.15, -0.1) is 0 Å². The quantitative estimate of drug-likeness (QED) is 0.829.